The van der Waals surface area contributed by atoms with Gasteiger partial charge < -0.3 is 9.73 Å². The van der Waals surface area contributed by atoms with Crippen molar-refractivity contribution >= 4 is 5.69 Å². The van der Waals surface area contributed by atoms with Crippen LogP contribution in [-0.2, 0) is 6.54 Å². The molecule has 6 nitrogen and oxygen atoms in total. The summed E-state index contributed by atoms with van der Waals surface area (Å²) in [5, 5.41) is 14.3. The SMILES string of the molecule is c1cc(CNc2ccc(-n3cnnn3)cc2)co1. The van der Waals surface area contributed by atoms with Gasteiger partial charge in [0.25, 0.3) is 0 Å². The molecular formula is C12H11N5O. The second-order valence-corrected chi connectivity index (χ2v) is 3.79. The molecular weight excluding hydrogens is 230 g/mol. The fraction of sp³-hybridized carbons (Fsp3) is 0.0833. The smallest absolute Gasteiger partial charge is 0.143 e. The summed E-state index contributed by atoms with van der Waals surface area (Å²) in [5.41, 5.74) is 3.07. The van der Waals surface area contributed by atoms with Crippen LogP contribution in [0.3, 0.4) is 0 Å². The molecule has 0 aliphatic rings. The van der Waals surface area contributed by atoms with Crippen LogP contribution >= 0.6 is 0 Å². The van der Waals surface area contributed by atoms with E-state index in [9.17, 15) is 0 Å². The first-order valence-corrected chi connectivity index (χ1v) is 5.50. The minimum Gasteiger partial charge on any atom is -0.472 e. The average molecular weight is 241 g/mol. The molecule has 2 aromatic heterocycles. The van der Waals surface area contributed by atoms with Crippen molar-refractivity contribution in [2.45, 2.75) is 6.54 Å². The van der Waals surface area contributed by atoms with Crippen molar-refractivity contribution in [1.29, 1.82) is 0 Å². The van der Waals surface area contributed by atoms with Gasteiger partial charge in [-0.05, 0) is 40.8 Å². The molecule has 0 aliphatic carbocycles. The van der Waals surface area contributed by atoms with E-state index in [1.165, 1.54) is 0 Å². The molecule has 3 rings (SSSR count). The van der Waals surface area contributed by atoms with E-state index in [0.717, 1.165) is 23.5 Å². The molecule has 0 amide bonds. The molecule has 90 valence electrons. The Bertz CT molecular complexity index is 586. The third-order valence-electron chi connectivity index (χ3n) is 2.56. The van der Waals surface area contributed by atoms with E-state index in [1.807, 2.05) is 30.3 Å². The minimum atomic E-state index is 0.737. The summed E-state index contributed by atoms with van der Waals surface area (Å²) in [7, 11) is 0. The van der Waals surface area contributed by atoms with Crippen LogP contribution < -0.4 is 5.32 Å². The highest BCUT2D eigenvalue weighted by molar-refractivity contribution is 5.48. The first-order valence-electron chi connectivity index (χ1n) is 5.50. The third-order valence-corrected chi connectivity index (χ3v) is 2.56. The van der Waals surface area contributed by atoms with Crippen LogP contribution in [0.4, 0.5) is 5.69 Å². The first-order chi connectivity index (χ1) is 8.92. The second-order valence-electron chi connectivity index (χ2n) is 3.79. The molecule has 0 spiro atoms. The van der Waals surface area contributed by atoms with E-state index in [0.29, 0.717) is 0 Å². The Hall–Kier alpha value is -2.63. The van der Waals surface area contributed by atoms with Crippen LogP contribution in [0.5, 0.6) is 0 Å². The largest absolute Gasteiger partial charge is 0.472 e. The van der Waals surface area contributed by atoms with Crippen molar-refractivity contribution in [3.63, 3.8) is 0 Å². The van der Waals surface area contributed by atoms with E-state index in [-0.39, 0.29) is 0 Å². The summed E-state index contributed by atoms with van der Waals surface area (Å²) in [5.74, 6) is 0. The van der Waals surface area contributed by atoms with Crippen molar-refractivity contribution in [2.75, 3.05) is 5.32 Å². The molecule has 0 unspecified atom stereocenters. The van der Waals surface area contributed by atoms with Crippen molar-refractivity contribution in [3.8, 4) is 5.69 Å². The Labute approximate surface area is 103 Å². The van der Waals surface area contributed by atoms with Gasteiger partial charge in [-0.25, -0.2) is 4.68 Å². The zero-order valence-electron chi connectivity index (χ0n) is 9.52. The molecule has 0 saturated carbocycles. The van der Waals surface area contributed by atoms with Gasteiger partial charge >= 0.3 is 0 Å². The molecule has 2 heterocycles. The van der Waals surface area contributed by atoms with Crippen LogP contribution in [-0.4, -0.2) is 20.2 Å². The predicted molar refractivity (Wildman–Crippen MR) is 65.2 cm³/mol. The van der Waals surface area contributed by atoms with Gasteiger partial charge in [-0.1, -0.05) is 0 Å². The number of tetrazole rings is 1. The molecule has 0 aliphatic heterocycles. The summed E-state index contributed by atoms with van der Waals surface area (Å²) in [6.07, 6.45) is 4.95. The van der Waals surface area contributed by atoms with E-state index >= 15 is 0 Å². The first kappa shape index (κ1) is 10.5. The van der Waals surface area contributed by atoms with Gasteiger partial charge in [-0.3, -0.25) is 0 Å². The summed E-state index contributed by atoms with van der Waals surface area (Å²) < 4.78 is 6.62. The van der Waals surface area contributed by atoms with Crippen molar-refractivity contribution in [3.05, 3.63) is 54.7 Å². The van der Waals surface area contributed by atoms with Crippen LogP contribution in [0.25, 0.3) is 5.69 Å². The highest BCUT2D eigenvalue weighted by Crippen LogP contribution is 2.13. The monoisotopic (exact) mass is 241 g/mol. The Morgan fingerprint density at radius 3 is 2.72 bits per heavy atom. The van der Waals surface area contributed by atoms with Crippen molar-refractivity contribution < 1.29 is 4.42 Å². The normalized spacial score (nSPS) is 10.4. The molecule has 6 heteroatoms. The van der Waals surface area contributed by atoms with Gasteiger partial charge in [0.1, 0.15) is 6.33 Å². The van der Waals surface area contributed by atoms with Gasteiger partial charge in [0, 0.05) is 17.8 Å². The lowest BCUT2D eigenvalue weighted by Crippen LogP contribution is -1.99. The molecule has 0 atom stereocenters. The van der Waals surface area contributed by atoms with Crippen LogP contribution in [0.15, 0.2) is 53.6 Å². The number of rotatable bonds is 4. The van der Waals surface area contributed by atoms with Crippen LogP contribution in [0, 0.1) is 0 Å². The van der Waals surface area contributed by atoms with Gasteiger partial charge in [0.05, 0.1) is 18.2 Å². The van der Waals surface area contributed by atoms with E-state index in [4.69, 9.17) is 4.42 Å². The van der Waals surface area contributed by atoms with Crippen molar-refractivity contribution in [2.24, 2.45) is 0 Å². The average Bonchev–Trinajstić information content (AvgIpc) is 3.10. The molecule has 0 fully saturated rings. The topological polar surface area (TPSA) is 68.8 Å². The predicted octanol–water partition coefficient (Wildman–Crippen LogP) is 1.87. The van der Waals surface area contributed by atoms with Gasteiger partial charge in [-0.2, -0.15) is 0 Å². The lowest BCUT2D eigenvalue weighted by Gasteiger charge is -2.05. The number of benzene rings is 1. The quantitative estimate of drug-likeness (QED) is 0.755. The van der Waals surface area contributed by atoms with E-state index in [1.54, 1.807) is 23.5 Å². The number of aromatic nitrogens is 4. The summed E-state index contributed by atoms with van der Waals surface area (Å²) >= 11 is 0. The maximum absolute atomic E-state index is 5.01. The maximum atomic E-state index is 5.01. The lowest BCUT2D eigenvalue weighted by molar-refractivity contribution is 0.564. The highest BCUT2D eigenvalue weighted by atomic mass is 16.3. The van der Waals surface area contributed by atoms with Crippen LogP contribution in [0.2, 0.25) is 0 Å². The Kier molecular flexibility index (Phi) is 2.75. The fourth-order valence-electron chi connectivity index (χ4n) is 1.61. The number of anilines is 1. The Morgan fingerprint density at radius 2 is 2.06 bits per heavy atom. The van der Waals surface area contributed by atoms with E-state index in [2.05, 4.69) is 20.8 Å². The number of nitrogens with one attached hydrogen (secondary N) is 1. The molecule has 3 aromatic rings. The Balaban J connectivity index is 1.68. The highest BCUT2D eigenvalue weighted by Gasteiger charge is 1.98. The molecule has 18 heavy (non-hydrogen) atoms. The molecule has 1 aromatic carbocycles. The molecule has 0 bridgehead atoms. The number of hydrogen-bond donors (Lipinski definition) is 1. The molecule has 0 radical (unpaired) electrons. The zero-order chi connectivity index (χ0) is 12.2. The van der Waals surface area contributed by atoms with Gasteiger partial charge in [-0.15, -0.1) is 5.10 Å². The minimum absolute atomic E-state index is 0.737. The summed E-state index contributed by atoms with van der Waals surface area (Å²) in [6.45, 7) is 0.737. The zero-order valence-corrected chi connectivity index (χ0v) is 9.52. The Morgan fingerprint density at radius 1 is 1.17 bits per heavy atom. The van der Waals surface area contributed by atoms with Crippen molar-refractivity contribution in [1.82, 2.24) is 20.2 Å². The number of furan rings is 1. The fourth-order valence-corrected chi connectivity index (χ4v) is 1.61. The number of hydrogen-bond acceptors (Lipinski definition) is 5. The second kappa shape index (κ2) is 4.70. The summed E-state index contributed by atoms with van der Waals surface area (Å²) in [6, 6.07) is 9.80. The summed E-state index contributed by atoms with van der Waals surface area (Å²) in [4.78, 5) is 0. The van der Waals surface area contributed by atoms with Crippen LogP contribution in [0.1, 0.15) is 5.56 Å². The maximum Gasteiger partial charge on any atom is 0.143 e. The van der Waals surface area contributed by atoms with Gasteiger partial charge in [0.15, 0.2) is 0 Å². The van der Waals surface area contributed by atoms with E-state index < -0.39 is 0 Å². The standard InChI is InChI=1S/C12H11N5O/c1-3-12(17-9-14-15-16-17)4-2-11(1)13-7-10-5-6-18-8-10/h1-6,8-9,13H,7H2. The lowest BCUT2D eigenvalue weighted by atomic mass is 10.2. The third kappa shape index (κ3) is 2.22. The molecule has 1 N–H and O–H groups in total. The number of nitrogens with zero attached hydrogens (tertiary/aromatic N) is 4. The van der Waals surface area contributed by atoms with Gasteiger partial charge in [0.2, 0.25) is 0 Å². The molecule has 0 saturated heterocycles.